The van der Waals surface area contributed by atoms with Crippen LogP contribution in [0.4, 0.5) is 8.78 Å². The molecule has 1 N–H and O–H groups in total. The van der Waals surface area contributed by atoms with Gasteiger partial charge in [0.05, 0.1) is 37.4 Å². The Morgan fingerprint density at radius 3 is 2.43 bits per heavy atom. The first-order valence-corrected chi connectivity index (χ1v) is 13.8. The van der Waals surface area contributed by atoms with Crippen molar-refractivity contribution in [1.29, 1.82) is 5.26 Å². The molecule has 2 unspecified atom stereocenters. The second kappa shape index (κ2) is 8.89. The van der Waals surface area contributed by atoms with E-state index in [9.17, 15) is 32.0 Å². The number of sulfone groups is 1. The third-order valence-electron chi connectivity index (χ3n) is 7.21. The SMILES string of the molecule is N#CC1(NC(=O)C2CC(S(=O)(=O)c3ccc(F)cc3Cl)CN2C(=O)C2(c3ncc(Cl)cc3F)CC2)CC1. The summed E-state index contributed by atoms with van der Waals surface area (Å²) in [5, 5.41) is 10.5. The van der Waals surface area contributed by atoms with Crippen molar-refractivity contribution in [3.8, 4) is 6.07 Å². The fourth-order valence-corrected chi connectivity index (χ4v) is 7.18. The highest BCUT2D eigenvalue weighted by molar-refractivity contribution is 7.92. The first-order chi connectivity index (χ1) is 17.4. The van der Waals surface area contributed by atoms with Gasteiger partial charge in [-0.3, -0.25) is 14.6 Å². The van der Waals surface area contributed by atoms with Gasteiger partial charge in [-0.15, -0.1) is 0 Å². The average Bonchev–Trinajstić information content (AvgIpc) is 3.75. The number of amides is 2. The number of hydrogen-bond donors (Lipinski definition) is 1. The van der Waals surface area contributed by atoms with Gasteiger partial charge in [0.1, 0.15) is 23.2 Å². The Bertz CT molecular complexity index is 1470. The number of nitrogens with zero attached hydrogens (tertiary/aromatic N) is 3. The molecule has 1 aromatic carbocycles. The lowest BCUT2D eigenvalue weighted by Crippen LogP contribution is -2.52. The van der Waals surface area contributed by atoms with Gasteiger partial charge in [0.25, 0.3) is 0 Å². The number of aromatic nitrogens is 1. The van der Waals surface area contributed by atoms with Gasteiger partial charge < -0.3 is 10.2 Å². The molecule has 1 saturated heterocycles. The molecule has 37 heavy (non-hydrogen) atoms. The van der Waals surface area contributed by atoms with Crippen molar-refractivity contribution in [1.82, 2.24) is 15.2 Å². The highest BCUT2D eigenvalue weighted by atomic mass is 35.5. The molecule has 2 saturated carbocycles. The molecule has 0 bridgehead atoms. The van der Waals surface area contributed by atoms with Gasteiger partial charge in [-0.2, -0.15) is 5.26 Å². The predicted molar refractivity (Wildman–Crippen MR) is 128 cm³/mol. The van der Waals surface area contributed by atoms with Gasteiger partial charge in [0.2, 0.25) is 11.8 Å². The summed E-state index contributed by atoms with van der Waals surface area (Å²) >= 11 is 11.8. The van der Waals surface area contributed by atoms with E-state index in [1.807, 2.05) is 6.07 Å². The molecule has 0 radical (unpaired) electrons. The van der Waals surface area contributed by atoms with E-state index in [-0.39, 0.29) is 46.4 Å². The maximum atomic E-state index is 14.8. The zero-order valence-electron chi connectivity index (χ0n) is 19.2. The number of hydrogen-bond acceptors (Lipinski definition) is 6. The summed E-state index contributed by atoms with van der Waals surface area (Å²) < 4.78 is 55.2. The summed E-state index contributed by atoms with van der Waals surface area (Å²) in [7, 11) is -4.20. The van der Waals surface area contributed by atoms with Crippen LogP contribution in [0.25, 0.3) is 0 Å². The van der Waals surface area contributed by atoms with Gasteiger partial charge in [0.15, 0.2) is 9.84 Å². The molecule has 0 spiro atoms. The van der Waals surface area contributed by atoms with Crippen molar-refractivity contribution in [2.24, 2.45) is 0 Å². The molecule has 2 aliphatic carbocycles. The summed E-state index contributed by atoms with van der Waals surface area (Å²) in [6, 6.07) is 4.71. The summed E-state index contributed by atoms with van der Waals surface area (Å²) in [4.78, 5) is 31.9. The average molecular weight is 569 g/mol. The van der Waals surface area contributed by atoms with Crippen LogP contribution < -0.4 is 5.32 Å². The van der Waals surface area contributed by atoms with E-state index in [1.54, 1.807) is 0 Å². The number of rotatable bonds is 6. The van der Waals surface area contributed by atoms with Gasteiger partial charge in [-0.1, -0.05) is 23.2 Å². The number of benzene rings is 1. The van der Waals surface area contributed by atoms with Crippen molar-refractivity contribution in [2.75, 3.05) is 6.54 Å². The Morgan fingerprint density at radius 1 is 1.16 bits per heavy atom. The summed E-state index contributed by atoms with van der Waals surface area (Å²) in [5.41, 5.74) is -2.53. The van der Waals surface area contributed by atoms with Crippen molar-refractivity contribution >= 4 is 44.9 Å². The quantitative estimate of drug-likeness (QED) is 0.534. The molecular formula is C24H20Cl2F2N4O4S. The monoisotopic (exact) mass is 568 g/mol. The van der Waals surface area contributed by atoms with E-state index in [0.29, 0.717) is 12.8 Å². The van der Waals surface area contributed by atoms with Crippen LogP contribution in [0.5, 0.6) is 0 Å². The minimum atomic E-state index is -4.20. The Hall–Kier alpha value is -2.81. The smallest absolute Gasteiger partial charge is 0.244 e. The first-order valence-electron chi connectivity index (χ1n) is 11.5. The molecule has 2 atom stereocenters. The molecule has 1 aromatic heterocycles. The van der Waals surface area contributed by atoms with E-state index in [4.69, 9.17) is 23.2 Å². The Kier molecular flexibility index (Phi) is 6.21. The lowest BCUT2D eigenvalue weighted by molar-refractivity contribution is -0.140. The molecule has 8 nitrogen and oxygen atoms in total. The molecule has 1 aliphatic heterocycles. The highest BCUT2D eigenvalue weighted by Gasteiger charge is 2.60. The van der Waals surface area contributed by atoms with E-state index in [0.717, 1.165) is 29.2 Å². The molecule has 5 rings (SSSR count). The number of nitrogens with one attached hydrogen (secondary N) is 1. The minimum absolute atomic E-state index is 0.0523. The van der Waals surface area contributed by atoms with E-state index in [2.05, 4.69) is 10.3 Å². The molecular weight excluding hydrogens is 549 g/mol. The standard InChI is InChI=1S/C24H20Cl2F2N4O4S/c25-13-7-17(28)20(30-10-13)24(5-6-24)22(34)32-11-15(9-18(32)21(33)31-23(12-29)3-4-23)37(35,36)19-2-1-14(27)8-16(19)26/h1-2,7-8,10,15,18H,3-6,9,11H2,(H,31,33). The van der Waals surface area contributed by atoms with E-state index < -0.39 is 55.5 Å². The van der Waals surface area contributed by atoms with Crippen LogP contribution in [0.1, 0.15) is 37.8 Å². The number of pyridine rings is 1. The van der Waals surface area contributed by atoms with Crippen molar-refractivity contribution in [2.45, 2.75) is 59.2 Å². The second-order valence-electron chi connectivity index (χ2n) is 9.70. The lowest BCUT2D eigenvalue weighted by atomic mass is 9.98. The van der Waals surface area contributed by atoms with Crippen LogP contribution in [0.2, 0.25) is 10.0 Å². The Labute approximate surface area is 221 Å². The number of carbonyl (C=O) groups excluding carboxylic acids is 2. The summed E-state index contributed by atoms with van der Waals surface area (Å²) in [6.45, 7) is -0.372. The molecule has 194 valence electrons. The van der Waals surface area contributed by atoms with Gasteiger partial charge >= 0.3 is 0 Å². The number of nitriles is 1. The minimum Gasteiger partial charge on any atom is -0.336 e. The molecule has 3 fully saturated rings. The molecule has 2 heterocycles. The first kappa shape index (κ1) is 25.8. The van der Waals surface area contributed by atoms with Crippen LogP contribution >= 0.6 is 23.2 Å². The third kappa shape index (κ3) is 4.45. The molecule has 2 amide bonds. The number of likely N-dealkylation sites (tertiary alicyclic amines) is 1. The third-order valence-corrected chi connectivity index (χ3v) is 10.0. The summed E-state index contributed by atoms with van der Waals surface area (Å²) in [5.74, 6) is -2.80. The largest absolute Gasteiger partial charge is 0.336 e. The van der Waals surface area contributed by atoms with Crippen LogP contribution in [0.15, 0.2) is 35.4 Å². The fourth-order valence-electron chi connectivity index (χ4n) is 4.81. The maximum Gasteiger partial charge on any atom is 0.244 e. The van der Waals surface area contributed by atoms with Crippen molar-refractivity contribution < 1.29 is 26.8 Å². The zero-order valence-corrected chi connectivity index (χ0v) is 21.5. The van der Waals surface area contributed by atoms with Gasteiger partial charge in [-0.05, 0) is 56.4 Å². The van der Waals surface area contributed by atoms with Crippen molar-refractivity contribution in [3.63, 3.8) is 0 Å². The summed E-state index contributed by atoms with van der Waals surface area (Å²) in [6.07, 6.45) is 2.33. The number of halogens is 4. The molecule has 2 aromatic rings. The lowest BCUT2D eigenvalue weighted by Gasteiger charge is -2.28. The zero-order chi connectivity index (χ0) is 26.8. The van der Waals surface area contributed by atoms with E-state index in [1.165, 1.54) is 6.20 Å². The van der Waals surface area contributed by atoms with Crippen LogP contribution in [0.3, 0.4) is 0 Å². The molecule has 13 heteroatoms. The van der Waals surface area contributed by atoms with Gasteiger partial charge in [0, 0.05) is 12.7 Å². The van der Waals surface area contributed by atoms with E-state index >= 15 is 0 Å². The maximum absolute atomic E-state index is 14.8. The fraction of sp³-hybridized carbons (Fsp3) is 0.417. The normalized spacial score (nSPS) is 23.3. The Morgan fingerprint density at radius 2 is 1.86 bits per heavy atom. The van der Waals surface area contributed by atoms with Crippen LogP contribution in [0, 0.1) is 23.0 Å². The van der Waals surface area contributed by atoms with Crippen molar-refractivity contribution in [3.05, 3.63) is 57.8 Å². The predicted octanol–water partition coefficient (Wildman–Crippen LogP) is 3.31. The highest BCUT2D eigenvalue weighted by Crippen LogP contribution is 2.51. The van der Waals surface area contributed by atoms with Gasteiger partial charge in [-0.25, -0.2) is 17.2 Å². The molecule has 3 aliphatic rings. The second-order valence-corrected chi connectivity index (χ2v) is 12.7. The number of carbonyl (C=O) groups is 2. The van der Waals surface area contributed by atoms with Crippen LogP contribution in [-0.4, -0.2) is 53.5 Å². The topological polar surface area (TPSA) is 120 Å². The Balaban J connectivity index is 1.50. The van der Waals surface area contributed by atoms with Crippen LogP contribution in [-0.2, 0) is 24.8 Å².